The molecule has 0 fully saturated rings. The lowest BCUT2D eigenvalue weighted by Gasteiger charge is -2.07. The molecule has 1 rings (SSSR count). The first kappa shape index (κ1) is 26.7. The van der Waals surface area contributed by atoms with Crippen LogP contribution in [-0.4, -0.2) is 33.5 Å². The molecule has 0 saturated carbocycles. The Hall–Kier alpha value is -2.29. The molecule has 0 bridgehead atoms. The molecule has 1 aromatic rings. The summed E-state index contributed by atoms with van der Waals surface area (Å²) < 4.78 is 33.9. The van der Waals surface area contributed by atoms with Gasteiger partial charge in [0.1, 0.15) is 5.75 Å². The molecule has 0 spiro atoms. The number of guanidine groups is 2. The SMILES string of the molecule is CCCCCCCCCCN=C(N)N/C(N)=N/S(=O)(=O)c1ccc(OCCCC)cc1. The summed E-state index contributed by atoms with van der Waals surface area (Å²) >= 11 is 0. The van der Waals surface area contributed by atoms with Crippen molar-refractivity contribution < 1.29 is 13.2 Å². The third-order valence-corrected chi connectivity index (χ3v) is 5.96. The highest BCUT2D eigenvalue weighted by molar-refractivity contribution is 7.90. The molecule has 0 heterocycles. The minimum absolute atomic E-state index is 0.0227. The Morgan fingerprint density at radius 2 is 1.45 bits per heavy atom. The molecule has 0 aromatic heterocycles. The molecule has 176 valence electrons. The second-order valence-electron chi connectivity index (χ2n) is 7.49. The molecule has 5 N–H and O–H groups in total. The number of rotatable bonds is 15. The fourth-order valence-corrected chi connectivity index (χ4v) is 3.75. The molecular formula is C22H39N5O3S. The van der Waals surface area contributed by atoms with Crippen LogP contribution < -0.4 is 21.5 Å². The number of hydrogen-bond donors (Lipinski definition) is 3. The van der Waals surface area contributed by atoms with Crippen molar-refractivity contribution in [3.63, 3.8) is 0 Å². The molecule has 0 radical (unpaired) electrons. The summed E-state index contributed by atoms with van der Waals surface area (Å²) in [5, 5.41) is 2.53. The van der Waals surface area contributed by atoms with E-state index < -0.39 is 10.0 Å². The van der Waals surface area contributed by atoms with Crippen LogP contribution in [0.3, 0.4) is 0 Å². The van der Waals surface area contributed by atoms with Crippen molar-refractivity contribution in [1.29, 1.82) is 0 Å². The maximum Gasteiger partial charge on any atom is 0.285 e. The summed E-state index contributed by atoms with van der Waals surface area (Å²) in [6.45, 7) is 5.44. The summed E-state index contributed by atoms with van der Waals surface area (Å²) in [5.41, 5.74) is 11.5. The van der Waals surface area contributed by atoms with Gasteiger partial charge in [0.25, 0.3) is 10.0 Å². The maximum atomic E-state index is 12.4. The van der Waals surface area contributed by atoms with Gasteiger partial charge < -0.3 is 16.2 Å². The third kappa shape index (κ3) is 12.2. The number of ether oxygens (including phenoxy) is 1. The van der Waals surface area contributed by atoms with Gasteiger partial charge in [0.2, 0.25) is 5.96 Å². The minimum Gasteiger partial charge on any atom is -0.494 e. The zero-order valence-electron chi connectivity index (χ0n) is 19.0. The second-order valence-corrected chi connectivity index (χ2v) is 9.10. The average Bonchev–Trinajstić information content (AvgIpc) is 2.72. The van der Waals surface area contributed by atoms with Crippen LogP contribution in [-0.2, 0) is 10.0 Å². The lowest BCUT2D eigenvalue weighted by atomic mass is 10.1. The Morgan fingerprint density at radius 1 is 0.871 bits per heavy atom. The van der Waals surface area contributed by atoms with Crippen molar-refractivity contribution in [2.75, 3.05) is 13.2 Å². The Kier molecular flexibility index (Phi) is 13.4. The molecule has 0 saturated heterocycles. The molecule has 31 heavy (non-hydrogen) atoms. The number of nitrogens with one attached hydrogen (secondary N) is 1. The fraction of sp³-hybridized carbons (Fsp3) is 0.636. The highest BCUT2D eigenvalue weighted by atomic mass is 32.2. The normalized spacial score (nSPS) is 12.7. The van der Waals surface area contributed by atoms with E-state index in [9.17, 15) is 8.42 Å². The van der Waals surface area contributed by atoms with Gasteiger partial charge in [0.05, 0.1) is 11.5 Å². The van der Waals surface area contributed by atoms with Gasteiger partial charge in [0.15, 0.2) is 5.96 Å². The van der Waals surface area contributed by atoms with E-state index >= 15 is 0 Å². The number of hydrogen-bond acceptors (Lipinski definition) is 4. The predicted octanol–water partition coefficient (Wildman–Crippen LogP) is 3.91. The molecule has 1 aromatic carbocycles. The van der Waals surface area contributed by atoms with Crippen molar-refractivity contribution in [3.05, 3.63) is 24.3 Å². The number of unbranched alkanes of at least 4 members (excludes halogenated alkanes) is 8. The Labute approximate surface area is 187 Å². The van der Waals surface area contributed by atoms with Crippen LogP contribution in [0.15, 0.2) is 38.6 Å². The number of benzene rings is 1. The van der Waals surface area contributed by atoms with Crippen LogP contribution in [0.25, 0.3) is 0 Å². The standard InChI is InChI=1S/C22H39N5O3S/c1-3-5-7-8-9-10-11-12-17-25-21(23)26-22(24)27-31(28,29)20-15-13-19(14-16-20)30-18-6-4-2/h13-16H,3-12,17-18H2,1-2H3,(H5,23,24,25,26,27). The minimum atomic E-state index is -3.96. The van der Waals surface area contributed by atoms with Crippen LogP contribution in [0.2, 0.25) is 0 Å². The van der Waals surface area contributed by atoms with Crippen molar-refractivity contribution in [1.82, 2.24) is 5.32 Å². The van der Waals surface area contributed by atoms with Gasteiger partial charge in [-0.3, -0.25) is 10.3 Å². The van der Waals surface area contributed by atoms with Crippen molar-refractivity contribution in [2.24, 2.45) is 20.9 Å². The smallest absolute Gasteiger partial charge is 0.285 e. The third-order valence-electron chi connectivity index (χ3n) is 4.66. The van der Waals surface area contributed by atoms with E-state index in [2.05, 4.69) is 28.6 Å². The Bertz CT molecular complexity index is 777. The first-order valence-corrected chi connectivity index (χ1v) is 12.7. The molecule has 0 aliphatic carbocycles. The highest BCUT2D eigenvalue weighted by Crippen LogP contribution is 2.18. The summed E-state index contributed by atoms with van der Waals surface area (Å²) in [4.78, 5) is 4.20. The summed E-state index contributed by atoms with van der Waals surface area (Å²) in [5.74, 6) is 0.347. The Morgan fingerprint density at radius 3 is 2.06 bits per heavy atom. The van der Waals surface area contributed by atoms with Crippen molar-refractivity contribution in [2.45, 2.75) is 83.0 Å². The number of aliphatic imine (C=N–C) groups is 1. The molecule has 0 atom stereocenters. The summed E-state index contributed by atoms with van der Waals surface area (Å²) in [6.07, 6.45) is 11.6. The van der Waals surface area contributed by atoms with Crippen LogP contribution in [0.4, 0.5) is 0 Å². The molecule has 0 aliphatic rings. The maximum absolute atomic E-state index is 12.4. The van der Waals surface area contributed by atoms with Gasteiger partial charge in [-0.15, -0.1) is 4.40 Å². The van der Waals surface area contributed by atoms with E-state index in [-0.39, 0.29) is 16.8 Å². The zero-order valence-corrected chi connectivity index (χ0v) is 19.8. The monoisotopic (exact) mass is 453 g/mol. The Balaban J connectivity index is 2.43. The first-order valence-electron chi connectivity index (χ1n) is 11.3. The van der Waals surface area contributed by atoms with E-state index in [0.29, 0.717) is 18.9 Å². The lowest BCUT2D eigenvalue weighted by Crippen LogP contribution is -2.42. The van der Waals surface area contributed by atoms with Gasteiger partial charge in [0, 0.05) is 6.54 Å². The van der Waals surface area contributed by atoms with Gasteiger partial charge in [-0.1, -0.05) is 65.2 Å². The highest BCUT2D eigenvalue weighted by Gasteiger charge is 2.14. The van der Waals surface area contributed by atoms with Gasteiger partial charge in [-0.05, 0) is 37.1 Å². The predicted molar refractivity (Wildman–Crippen MR) is 128 cm³/mol. The van der Waals surface area contributed by atoms with Gasteiger partial charge in [-0.25, -0.2) is 0 Å². The van der Waals surface area contributed by atoms with E-state index in [0.717, 1.165) is 25.7 Å². The van der Waals surface area contributed by atoms with E-state index in [1.54, 1.807) is 12.1 Å². The van der Waals surface area contributed by atoms with Crippen LogP contribution in [0, 0.1) is 0 Å². The number of nitrogens with two attached hydrogens (primary N) is 2. The van der Waals surface area contributed by atoms with E-state index in [4.69, 9.17) is 16.2 Å². The van der Waals surface area contributed by atoms with E-state index in [1.165, 1.54) is 50.7 Å². The summed E-state index contributed by atoms with van der Waals surface area (Å²) in [6, 6.07) is 6.07. The quantitative estimate of drug-likeness (QED) is 0.209. The molecule has 0 unspecified atom stereocenters. The average molecular weight is 454 g/mol. The molecule has 0 amide bonds. The number of sulfonamides is 1. The molecular weight excluding hydrogens is 414 g/mol. The molecule has 0 aliphatic heterocycles. The van der Waals surface area contributed by atoms with Gasteiger partial charge in [-0.2, -0.15) is 8.42 Å². The van der Waals surface area contributed by atoms with Crippen molar-refractivity contribution in [3.8, 4) is 5.75 Å². The lowest BCUT2D eigenvalue weighted by molar-refractivity contribution is 0.309. The fourth-order valence-electron chi connectivity index (χ4n) is 2.86. The topological polar surface area (TPSA) is 132 Å². The zero-order chi connectivity index (χ0) is 23.0. The first-order chi connectivity index (χ1) is 14.9. The second kappa shape index (κ2) is 15.5. The molecule has 9 heteroatoms. The van der Waals surface area contributed by atoms with Crippen LogP contribution in [0.5, 0.6) is 5.75 Å². The molecule has 8 nitrogen and oxygen atoms in total. The summed E-state index contributed by atoms with van der Waals surface area (Å²) in [7, 11) is -3.96. The van der Waals surface area contributed by atoms with Gasteiger partial charge >= 0.3 is 0 Å². The van der Waals surface area contributed by atoms with E-state index in [1.807, 2.05) is 0 Å². The van der Waals surface area contributed by atoms with Crippen LogP contribution in [0.1, 0.15) is 78.1 Å². The van der Waals surface area contributed by atoms with Crippen molar-refractivity contribution >= 4 is 21.9 Å². The largest absolute Gasteiger partial charge is 0.494 e. The number of nitrogens with zero attached hydrogens (tertiary/aromatic N) is 2. The van der Waals surface area contributed by atoms with Crippen LogP contribution >= 0.6 is 0 Å².